The van der Waals surface area contributed by atoms with Gasteiger partial charge in [-0.25, -0.2) is 0 Å². The molecule has 64 valence electrons. The van der Waals surface area contributed by atoms with Crippen molar-refractivity contribution in [3.63, 3.8) is 0 Å². The Hall–Kier alpha value is -1.47. The van der Waals surface area contributed by atoms with Gasteiger partial charge in [-0.05, 0) is 7.05 Å². The number of aryl methyl sites for hydroxylation is 1. The second kappa shape index (κ2) is 3.79. The lowest BCUT2D eigenvalue weighted by Crippen LogP contribution is -2.04. The van der Waals surface area contributed by atoms with Crippen LogP contribution >= 0.6 is 0 Å². The number of nitrogens with one attached hydrogen (secondary N) is 1. The second-order valence-corrected chi connectivity index (χ2v) is 2.43. The van der Waals surface area contributed by atoms with Gasteiger partial charge < -0.3 is 11.1 Å². The fraction of sp³-hybridized carbons (Fsp3) is 0.375. The van der Waals surface area contributed by atoms with Gasteiger partial charge in [-0.2, -0.15) is 5.10 Å². The van der Waals surface area contributed by atoms with E-state index in [2.05, 4.69) is 22.3 Å². The van der Waals surface area contributed by atoms with Gasteiger partial charge in [-0.15, -0.1) is 0 Å². The Bertz CT molecular complexity index is 316. The first-order valence-electron chi connectivity index (χ1n) is 3.66. The molecular weight excluding hydrogens is 152 g/mol. The lowest BCUT2D eigenvalue weighted by atomic mass is 10.3. The molecule has 0 aliphatic heterocycles. The van der Waals surface area contributed by atoms with Crippen molar-refractivity contribution < 1.29 is 0 Å². The largest absolute Gasteiger partial charge is 0.381 e. The lowest BCUT2D eigenvalue weighted by molar-refractivity contribution is 0.772. The molecule has 0 saturated heterocycles. The Balaban J connectivity index is 2.76. The minimum atomic E-state index is 0.487. The van der Waals surface area contributed by atoms with Crippen molar-refractivity contribution in [3.05, 3.63) is 11.8 Å². The van der Waals surface area contributed by atoms with E-state index in [-0.39, 0.29) is 0 Å². The summed E-state index contributed by atoms with van der Waals surface area (Å²) >= 11 is 0. The molecule has 0 unspecified atom stereocenters. The summed E-state index contributed by atoms with van der Waals surface area (Å²) in [4.78, 5) is 0. The van der Waals surface area contributed by atoms with E-state index in [1.54, 1.807) is 10.9 Å². The number of nitrogens with two attached hydrogens (primary N) is 1. The number of anilines is 1. The van der Waals surface area contributed by atoms with E-state index in [9.17, 15) is 0 Å². The van der Waals surface area contributed by atoms with Crippen LogP contribution in [-0.4, -0.2) is 23.4 Å². The molecule has 0 amide bonds. The van der Waals surface area contributed by atoms with E-state index >= 15 is 0 Å². The molecule has 1 heterocycles. The molecule has 0 atom stereocenters. The normalized spacial score (nSPS) is 9.17. The molecule has 1 rings (SSSR count). The molecule has 0 saturated carbocycles. The summed E-state index contributed by atoms with van der Waals surface area (Å²) in [6.07, 6.45) is 1.80. The van der Waals surface area contributed by atoms with Crippen LogP contribution in [0, 0.1) is 11.8 Å². The fourth-order valence-corrected chi connectivity index (χ4v) is 0.830. The van der Waals surface area contributed by atoms with E-state index in [1.807, 2.05) is 14.1 Å². The predicted molar refractivity (Wildman–Crippen MR) is 48.4 cm³/mol. The SMILES string of the molecule is CNCC#Cc1cn(C)nc1N. The van der Waals surface area contributed by atoms with Gasteiger partial charge in [0.25, 0.3) is 0 Å². The summed E-state index contributed by atoms with van der Waals surface area (Å²) in [5, 5.41) is 6.88. The average molecular weight is 164 g/mol. The molecule has 0 fully saturated rings. The number of nitrogen functional groups attached to an aromatic ring is 1. The number of nitrogens with zero attached hydrogens (tertiary/aromatic N) is 2. The van der Waals surface area contributed by atoms with Crippen molar-refractivity contribution in [3.8, 4) is 11.8 Å². The third-order valence-corrected chi connectivity index (χ3v) is 1.35. The molecule has 0 radical (unpaired) electrons. The third-order valence-electron chi connectivity index (χ3n) is 1.35. The van der Waals surface area contributed by atoms with E-state index in [0.717, 1.165) is 5.56 Å². The van der Waals surface area contributed by atoms with Gasteiger partial charge >= 0.3 is 0 Å². The van der Waals surface area contributed by atoms with Gasteiger partial charge in [0, 0.05) is 13.2 Å². The zero-order valence-corrected chi connectivity index (χ0v) is 7.26. The smallest absolute Gasteiger partial charge is 0.161 e. The Morgan fingerprint density at radius 1 is 1.75 bits per heavy atom. The summed E-state index contributed by atoms with van der Waals surface area (Å²) in [5.74, 6) is 6.31. The minimum Gasteiger partial charge on any atom is -0.381 e. The predicted octanol–water partition coefficient (Wildman–Crippen LogP) is -0.427. The monoisotopic (exact) mass is 164 g/mol. The van der Waals surface area contributed by atoms with Gasteiger partial charge in [0.1, 0.15) is 0 Å². The van der Waals surface area contributed by atoms with Crippen molar-refractivity contribution in [2.24, 2.45) is 7.05 Å². The molecule has 0 spiro atoms. The highest BCUT2D eigenvalue weighted by molar-refractivity contribution is 5.49. The first-order valence-corrected chi connectivity index (χ1v) is 3.66. The topological polar surface area (TPSA) is 55.9 Å². The Kier molecular flexibility index (Phi) is 2.72. The maximum Gasteiger partial charge on any atom is 0.161 e. The summed E-state index contributed by atoms with van der Waals surface area (Å²) in [6.45, 7) is 0.661. The first kappa shape index (κ1) is 8.62. The summed E-state index contributed by atoms with van der Waals surface area (Å²) in [5.41, 5.74) is 6.35. The molecule has 12 heavy (non-hydrogen) atoms. The fourth-order valence-electron chi connectivity index (χ4n) is 0.830. The number of rotatable bonds is 1. The zero-order chi connectivity index (χ0) is 8.97. The molecular formula is C8H12N4. The van der Waals surface area contributed by atoms with Gasteiger partial charge in [-0.3, -0.25) is 4.68 Å². The van der Waals surface area contributed by atoms with Crippen LogP contribution in [0.25, 0.3) is 0 Å². The average Bonchev–Trinajstić information content (AvgIpc) is 2.31. The number of aromatic nitrogens is 2. The van der Waals surface area contributed by atoms with Gasteiger partial charge in [0.05, 0.1) is 12.1 Å². The van der Waals surface area contributed by atoms with Crippen molar-refractivity contribution >= 4 is 5.82 Å². The third kappa shape index (κ3) is 2.01. The van der Waals surface area contributed by atoms with Crippen LogP contribution in [0.15, 0.2) is 6.20 Å². The Morgan fingerprint density at radius 2 is 2.50 bits per heavy atom. The quantitative estimate of drug-likeness (QED) is 0.554. The maximum absolute atomic E-state index is 5.57. The zero-order valence-electron chi connectivity index (χ0n) is 7.26. The Morgan fingerprint density at radius 3 is 3.00 bits per heavy atom. The molecule has 4 heteroatoms. The van der Waals surface area contributed by atoms with Crippen molar-refractivity contribution in [2.75, 3.05) is 19.3 Å². The second-order valence-electron chi connectivity index (χ2n) is 2.43. The maximum atomic E-state index is 5.57. The van der Waals surface area contributed by atoms with Crippen molar-refractivity contribution in [1.82, 2.24) is 15.1 Å². The number of hydrogen-bond acceptors (Lipinski definition) is 3. The Labute approximate surface area is 71.8 Å². The summed E-state index contributed by atoms with van der Waals surface area (Å²) in [7, 11) is 3.67. The summed E-state index contributed by atoms with van der Waals surface area (Å²) in [6, 6.07) is 0. The molecule has 4 nitrogen and oxygen atoms in total. The standard InChI is InChI=1S/C8H12N4/c1-10-5-3-4-7-6-12(2)11-8(7)9/h6,10H,5H2,1-2H3,(H2,9,11). The molecule has 3 N–H and O–H groups in total. The minimum absolute atomic E-state index is 0.487. The van der Waals surface area contributed by atoms with Crippen LogP contribution in [0.2, 0.25) is 0 Å². The lowest BCUT2D eigenvalue weighted by Gasteiger charge is -1.83. The van der Waals surface area contributed by atoms with Crippen LogP contribution in [0.1, 0.15) is 5.56 Å². The van der Waals surface area contributed by atoms with Gasteiger partial charge in [-0.1, -0.05) is 11.8 Å². The highest BCUT2D eigenvalue weighted by Gasteiger charge is 1.98. The van der Waals surface area contributed by atoms with E-state index in [1.165, 1.54) is 0 Å². The van der Waals surface area contributed by atoms with E-state index in [4.69, 9.17) is 5.73 Å². The van der Waals surface area contributed by atoms with Crippen LogP contribution < -0.4 is 11.1 Å². The summed E-state index contributed by atoms with van der Waals surface area (Å²) < 4.78 is 1.65. The van der Waals surface area contributed by atoms with E-state index in [0.29, 0.717) is 12.4 Å². The molecule has 0 aromatic carbocycles. The molecule has 0 bridgehead atoms. The van der Waals surface area contributed by atoms with Crippen molar-refractivity contribution in [2.45, 2.75) is 0 Å². The molecule has 0 aliphatic carbocycles. The van der Waals surface area contributed by atoms with Crippen LogP contribution in [0.5, 0.6) is 0 Å². The van der Waals surface area contributed by atoms with Crippen LogP contribution in [0.3, 0.4) is 0 Å². The van der Waals surface area contributed by atoms with Crippen LogP contribution in [-0.2, 0) is 7.05 Å². The molecule has 1 aromatic rings. The van der Waals surface area contributed by atoms with E-state index < -0.39 is 0 Å². The highest BCUT2D eigenvalue weighted by Crippen LogP contribution is 2.04. The highest BCUT2D eigenvalue weighted by atomic mass is 15.3. The molecule has 1 aromatic heterocycles. The van der Waals surface area contributed by atoms with Gasteiger partial charge in [0.2, 0.25) is 0 Å². The molecule has 0 aliphatic rings. The van der Waals surface area contributed by atoms with Crippen molar-refractivity contribution in [1.29, 1.82) is 0 Å². The first-order chi connectivity index (χ1) is 5.74. The van der Waals surface area contributed by atoms with Crippen LogP contribution in [0.4, 0.5) is 5.82 Å². The van der Waals surface area contributed by atoms with Gasteiger partial charge in [0.15, 0.2) is 5.82 Å². The number of hydrogen-bond donors (Lipinski definition) is 2.